The van der Waals surface area contributed by atoms with E-state index in [1.54, 1.807) is 40.8 Å². The Morgan fingerprint density at radius 1 is 0.680 bits per heavy atom. The van der Waals surface area contributed by atoms with Gasteiger partial charge in [0.1, 0.15) is 0 Å². The molecule has 0 spiro atoms. The van der Waals surface area contributed by atoms with Crippen molar-refractivity contribution in [3.63, 3.8) is 0 Å². The number of Topliss-reactive ketones (excluding diaryl/α,β-unsaturated/α-hetero) is 3. The molecule has 0 radical (unpaired) electrons. The van der Waals surface area contributed by atoms with Gasteiger partial charge in [-0.2, -0.15) is 0 Å². The predicted octanol–water partition coefficient (Wildman–Crippen LogP) is 6.34. The number of ketones is 3. The van der Waals surface area contributed by atoms with E-state index in [0.717, 1.165) is 19.3 Å². The molecule has 1 heterocycles. The number of aromatic amines is 1. The number of hydrogen-bond acceptors (Lipinski definition) is 7. The van der Waals surface area contributed by atoms with Crippen LogP contribution in [-0.2, 0) is 35.2 Å². The van der Waals surface area contributed by atoms with Crippen molar-refractivity contribution in [1.82, 2.24) is 25.9 Å². The fourth-order valence-corrected chi connectivity index (χ4v) is 5.86. The van der Waals surface area contributed by atoms with Crippen LogP contribution in [0, 0.1) is 17.8 Å². The Morgan fingerprint density at radius 3 is 1.66 bits per heavy atom. The molecule has 11 nitrogen and oxygen atoms in total. The Hall–Kier alpha value is -3.37. The lowest BCUT2D eigenvalue weighted by molar-refractivity contribution is -0.135. The van der Waals surface area contributed by atoms with Crippen molar-refractivity contribution in [3.05, 3.63) is 18.2 Å². The average molecular weight is 702 g/mol. The lowest BCUT2D eigenvalue weighted by atomic mass is 9.91. The van der Waals surface area contributed by atoms with Gasteiger partial charge in [0, 0.05) is 49.4 Å². The van der Waals surface area contributed by atoms with Gasteiger partial charge >= 0.3 is 0 Å². The fraction of sp³-hybridized carbons (Fsp3) is 0.769. The molecule has 4 N–H and O–H groups in total. The largest absolute Gasteiger partial charge is 0.348 e. The van der Waals surface area contributed by atoms with E-state index in [1.807, 2.05) is 0 Å². The van der Waals surface area contributed by atoms with Crippen LogP contribution in [-0.4, -0.2) is 63.2 Å². The zero-order chi connectivity index (χ0) is 37.5. The summed E-state index contributed by atoms with van der Waals surface area (Å²) in [5.41, 5.74) is 0.697. The summed E-state index contributed by atoms with van der Waals surface area (Å²) in [5.74, 6) is -3.51. The Kier molecular flexibility index (Phi) is 22.8. The maximum absolute atomic E-state index is 13.5. The minimum Gasteiger partial charge on any atom is -0.348 e. The summed E-state index contributed by atoms with van der Waals surface area (Å²) in [6.07, 6.45) is 19.3. The SMILES string of the molecule is CCCCCCCCCCCCCCCC(=O)N[C@@H](Cc1cnc[nH]1)C(=O)C[C@@H](C)C(=O)N[C@H](C(=O)C[C@@H](C)C(=O)N[C@@H](C)C(C)=O)C(C)C. The Bertz CT molecular complexity index is 1170. The molecule has 50 heavy (non-hydrogen) atoms. The van der Waals surface area contributed by atoms with Gasteiger partial charge in [-0.25, -0.2) is 4.98 Å². The van der Waals surface area contributed by atoms with E-state index in [4.69, 9.17) is 0 Å². The Labute approximate surface area is 301 Å². The molecule has 1 aromatic rings. The number of rotatable bonds is 29. The molecule has 3 amide bonds. The summed E-state index contributed by atoms with van der Waals surface area (Å²) in [7, 11) is 0. The third kappa shape index (κ3) is 19.1. The summed E-state index contributed by atoms with van der Waals surface area (Å²) >= 11 is 0. The number of aromatic nitrogens is 2. The molecular weight excluding hydrogens is 634 g/mol. The third-order valence-corrected chi connectivity index (χ3v) is 9.40. The fourth-order valence-electron chi connectivity index (χ4n) is 5.86. The van der Waals surface area contributed by atoms with Crippen LogP contribution in [0.25, 0.3) is 0 Å². The highest BCUT2D eigenvalue weighted by molar-refractivity contribution is 5.96. The predicted molar refractivity (Wildman–Crippen MR) is 197 cm³/mol. The Morgan fingerprint density at radius 2 is 1.18 bits per heavy atom. The van der Waals surface area contributed by atoms with Crippen molar-refractivity contribution in [2.45, 2.75) is 176 Å². The smallest absolute Gasteiger partial charge is 0.223 e. The van der Waals surface area contributed by atoms with Crippen LogP contribution in [0.4, 0.5) is 0 Å². The van der Waals surface area contributed by atoms with E-state index in [2.05, 4.69) is 32.8 Å². The molecule has 0 aliphatic carbocycles. The summed E-state index contributed by atoms with van der Waals surface area (Å²) < 4.78 is 0. The van der Waals surface area contributed by atoms with Crippen molar-refractivity contribution in [1.29, 1.82) is 0 Å². The van der Waals surface area contributed by atoms with Gasteiger partial charge in [-0.15, -0.1) is 0 Å². The minimum atomic E-state index is -0.846. The highest BCUT2D eigenvalue weighted by atomic mass is 16.2. The zero-order valence-corrected chi connectivity index (χ0v) is 32.0. The number of amides is 3. The molecule has 0 fully saturated rings. The second-order valence-electron chi connectivity index (χ2n) is 14.6. The van der Waals surface area contributed by atoms with Crippen molar-refractivity contribution in [3.8, 4) is 0 Å². The second kappa shape index (κ2) is 25.6. The van der Waals surface area contributed by atoms with Crippen LogP contribution in [0.2, 0.25) is 0 Å². The molecule has 0 aliphatic heterocycles. The van der Waals surface area contributed by atoms with Crippen molar-refractivity contribution in [2.75, 3.05) is 0 Å². The number of carbonyl (C=O) groups excluding carboxylic acids is 6. The Balaban J connectivity index is 2.59. The first-order chi connectivity index (χ1) is 23.8. The zero-order valence-electron chi connectivity index (χ0n) is 32.0. The van der Waals surface area contributed by atoms with E-state index in [1.165, 1.54) is 77.5 Å². The molecule has 284 valence electrons. The summed E-state index contributed by atoms with van der Waals surface area (Å²) in [4.78, 5) is 83.7. The number of nitrogens with zero attached hydrogens (tertiary/aromatic N) is 1. The van der Waals surface area contributed by atoms with E-state index >= 15 is 0 Å². The lowest BCUT2D eigenvalue weighted by Gasteiger charge is -2.25. The maximum Gasteiger partial charge on any atom is 0.223 e. The molecule has 0 aliphatic rings. The summed E-state index contributed by atoms with van der Waals surface area (Å²) in [6.45, 7) is 12.0. The first-order valence-corrected chi connectivity index (χ1v) is 19.2. The molecule has 11 heteroatoms. The highest BCUT2D eigenvalue weighted by Crippen LogP contribution is 2.16. The van der Waals surface area contributed by atoms with Gasteiger partial charge in [-0.05, 0) is 26.2 Å². The number of imidazole rings is 1. The highest BCUT2D eigenvalue weighted by Gasteiger charge is 2.31. The number of nitrogens with one attached hydrogen (secondary N) is 4. The number of hydrogen-bond donors (Lipinski definition) is 4. The number of H-pyrrole nitrogens is 1. The third-order valence-electron chi connectivity index (χ3n) is 9.40. The van der Waals surface area contributed by atoms with Gasteiger partial charge in [0.2, 0.25) is 17.7 Å². The molecule has 0 saturated heterocycles. The van der Waals surface area contributed by atoms with Gasteiger partial charge in [-0.1, -0.05) is 112 Å². The quantitative estimate of drug-likeness (QED) is 0.0707. The van der Waals surface area contributed by atoms with Crippen molar-refractivity contribution >= 4 is 35.1 Å². The van der Waals surface area contributed by atoms with Gasteiger partial charge in [0.15, 0.2) is 17.3 Å². The first kappa shape index (κ1) is 44.7. The molecule has 0 unspecified atom stereocenters. The van der Waals surface area contributed by atoms with Crippen LogP contribution in [0.5, 0.6) is 0 Å². The summed E-state index contributed by atoms with van der Waals surface area (Å²) in [5, 5.41) is 8.28. The monoisotopic (exact) mass is 702 g/mol. The molecule has 0 bridgehead atoms. The van der Waals surface area contributed by atoms with Crippen LogP contribution in [0.15, 0.2) is 12.5 Å². The molecular formula is C39H67N5O6. The van der Waals surface area contributed by atoms with Gasteiger partial charge < -0.3 is 20.9 Å². The van der Waals surface area contributed by atoms with Crippen LogP contribution < -0.4 is 16.0 Å². The van der Waals surface area contributed by atoms with Crippen LogP contribution in [0.1, 0.15) is 157 Å². The molecule has 5 atom stereocenters. The van der Waals surface area contributed by atoms with Crippen molar-refractivity contribution < 1.29 is 28.8 Å². The van der Waals surface area contributed by atoms with Gasteiger partial charge in [0.25, 0.3) is 0 Å². The summed E-state index contributed by atoms with van der Waals surface area (Å²) in [6, 6.07) is -2.32. The first-order valence-electron chi connectivity index (χ1n) is 19.2. The minimum absolute atomic E-state index is 0.107. The van der Waals surface area contributed by atoms with E-state index in [0.29, 0.717) is 12.1 Å². The molecule has 0 aromatic carbocycles. The lowest BCUT2D eigenvalue weighted by Crippen LogP contribution is -2.49. The van der Waals surface area contributed by atoms with E-state index in [-0.39, 0.29) is 48.4 Å². The molecule has 0 saturated carbocycles. The van der Waals surface area contributed by atoms with E-state index < -0.39 is 41.8 Å². The normalized spacial score (nSPS) is 14.3. The standard InChI is InChI=1S/C39H67N5O6/c1-8-9-10-11-12-13-14-15-16-17-18-19-20-21-36(48)43-33(24-32-25-40-26-41-32)34(46)22-28(4)39(50)44-37(27(2)3)35(47)23-29(5)38(49)42-30(6)31(7)45/h25-30,33,37H,8-24H2,1-7H3,(H,40,41)(H,42,49)(H,43,48)(H,44,50)/t28-,29-,30+,33+,37+/m1/s1. The second-order valence-corrected chi connectivity index (χ2v) is 14.6. The van der Waals surface area contributed by atoms with Gasteiger partial charge in [-0.3, -0.25) is 28.8 Å². The average Bonchev–Trinajstić information content (AvgIpc) is 3.58. The maximum atomic E-state index is 13.5. The van der Waals surface area contributed by atoms with Crippen LogP contribution >= 0.6 is 0 Å². The number of unbranched alkanes of at least 4 members (excludes halogenated alkanes) is 12. The van der Waals surface area contributed by atoms with Crippen LogP contribution in [0.3, 0.4) is 0 Å². The van der Waals surface area contributed by atoms with Gasteiger partial charge in [0.05, 0.1) is 24.5 Å². The van der Waals surface area contributed by atoms with E-state index in [9.17, 15) is 28.8 Å². The number of carbonyl (C=O) groups is 6. The molecule has 1 aromatic heterocycles. The van der Waals surface area contributed by atoms with Crippen molar-refractivity contribution in [2.24, 2.45) is 17.8 Å². The molecule has 1 rings (SSSR count). The topological polar surface area (TPSA) is 167 Å².